The van der Waals surface area contributed by atoms with E-state index in [4.69, 9.17) is 16.3 Å². The molecule has 1 N–H and O–H groups in total. The highest BCUT2D eigenvalue weighted by molar-refractivity contribution is 7.10. The van der Waals surface area contributed by atoms with Crippen LogP contribution in [0.3, 0.4) is 0 Å². The molecule has 2 heterocycles. The fourth-order valence-electron chi connectivity index (χ4n) is 2.69. The number of amides is 1. The molecule has 0 aliphatic heterocycles. The molecule has 2 aromatic heterocycles. The minimum absolute atomic E-state index is 0.313. The molecule has 2 aromatic carbocycles. The Hall–Kier alpha value is -3.30. The van der Waals surface area contributed by atoms with Gasteiger partial charge in [0.2, 0.25) is 5.13 Å². The van der Waals surface area contributed by atoms with Crippen molar-refractivity contribution in [2.24, 2.45) is 0 Å². The molecule has 0 aliphatic carbocycles. The van der Waals surface area contributed by atoms with Crippen molar-refractivity contribution in [3.63, 3.8) is 0 Å². The van der Waals surface area contributed by atoms with Gasteiger partial charge in [-0.05, 0) is 37.3 Å². The first-order chi connectivity index (χ1) is 14.0. The van der Waals surface area contributed by atoms with Crippen molar-refractivity contribution in [1.29, 1.82) is 0 Å². The maximum absolute atomic E-state index is 12.4. The number of hydrogen-bond acceptors (Lipinski definition) is 7. The van der Waals surface area contributed by atoms with Crippen LogP contribution in [0.5, 0.6) is 5.75 Å². The third-order valence-electron chi connectivity index (χ3n) is 4.14. The summed E-state index contributed by atoms with van der Waals surface area (Å²) in [7, 11) is 1.61. The van der Waals surface area contributed by atoms with E-state index in [9.17, 15) is 4.79 Å². The number of ether oxygens (including phenoxy) is 1. The average Bonchev–Trinajstić information content (AvgIpc) is 3.34. The van der Waals surface area contributed by atoms with Crippen molar-refractivity contribution >= 4 is 34.2 Å². The second-order valence-corrected chi connectivity index (χ2v) is 7.21. The van der Waals surface area contributed by atoms with E-state index < -0.39 is 0 Å². The monoisotopic (exact) mass is 426 g/mol. The number of carbonyl (C=O) groups is 1. The van der Waals surface area contributed by atoms with Gasteiger partial charge in [-0.25, -0.2) is 4.68 Å². The van der Waals surface area contributed by atoms with E-state index in [-0.39, 0.29) is 5.91 Å². The number of benzene rings is 2. The fourth-order valence-corrected chi connectivity index (χ4v) is 3.45. The standard InChI is InChI=1S/C19H15ClN6O2S/c1-11-16(23-25-26(11)14-7-4-8-15(10-14)28-2)17-21-19(29-24-17)22-18(27)12-5-3-6-13(20)9-12/h3-10H,1-2H3,(H,21,22,24,27). The highest BCUT2D eigenvalue weighted by Gasteiger charge is 2.18. The Kier molecular flexibility index (Phi) is 5.24. The van der Waals surface area contributed by atoms with Gasteiger partial charge in [-0.3, -0.25) is 10.1 Å². The van der Waals surface area contributed by atoms with E-state index in [1.54, 1.807) is 36.1 Å². The van der Waals surface area contributed by atoms with Gasteiger partial charge >= 0.3 is 0 Å². The van der Waals surface area contributed by atoms with Crippen LogP contribution in [-0.2, 0) is 0 Å². The zero-order valence-corrected chi connectivity index (χ0v) is 17.0. The molecule has 10 heteroatoms. The van der Waals surface area contributed by atoms with Crippen molar-refractivity contribution in [3.8, 4) is 23.0 Å². The lowest BCUT2D eigenvalue weighted by molar-refractivity contribution is 0.102. The first-order valence-electron chi connectivity index (χ1n) is 8.53. The van der Waals surface area contributed by atoms with Crippen molar-refractivity contribution < 1.29 is 9.53 Å². The predicted octanol–water partition coefficient (Wildman–Crippen LogP) is 4.01. The molecule has 0 unspecified atom stereocenters. The Morgan fingerprint density at radius 3 is 2.83 bits per heavy atom. The molecule has 0 atom stereocenters. The van der Waals surface area contributed by atoms with Gasteiger partial charge < -0.3 is 4.74 Å². The third-order valence-corrected chi connectivity index (χ3v) is 5.00. The molecule has 4 aromatic rings. The summed E-state index contributed by atoms with van der Waals surface area (Å²) < 4.78 is 11.2. The number of carbonyl (C=O) groups excluding carboxylic acids is 1. The number of nitrogens with zero attached hydrogens (tertiary/aromatic N) is 5. The Labute approximate surface area is 175 Å². The Morgan fingerprint density at radius 1 is 1.21 bits per heavy atom. The van der Waals surface area contributed by atoms with Crippen LogP contribution in [0.4, 0.5) is 5.13 Å². The van der Waals surface area contributed by atoms with Crippen molar-refractivity contribution in [3.05, 3.63) is 64.8 Å². The number of anilines is 1. The zero-order valence-electron chi connectivity index (χ0n) is 15.5. The molecule has 1 amide bonds. The smallest absolute Gasteiger partial charge is 0.257 e. The number of nitrogens with one attached hydrogen (secondary N) is 1. The van der Waals surface area contributed by atoms with Gasteiger partial charge in [-0.15, -0.1) is 5.10 Å². The topological polar surface area (TPSA) is 94.8 Å². The minimum atomic E-state index is -0.313. The van der Waals surface area contributed by atoms with Crippen LogP contribution in [0.1, 0.15) is 16.1 Å². The number of aromatic nitrogens is 5. The van der Waals surface area contributed by atoms with Crippen molar-refractivity contribution in [1.82, 2.24) is 24.4 Å². The molecule has 0 aliphatic rings. The van der Waals surface area contributed by atoms with Gasteiger partial charge in [0.05, 0.1) is 18.5 Å². The number of rotatable bonds is 5. The van der Waals surface area contributed by atoms with E-state index in [2.05, 4.69) is 25.0 Å². The second-order valence-electron chi connectivity index (χ2n) is 6.02. The normalized spacial score (nSPS) is 10.7. The van der Waals surface area contributed by atoms with E-state index in [1.807, 2.05) is 31.2 Å². The Bertz CT molecular complexity index is 1190. The molecular weight excluding hydrogens is 412 g/mol. The van der Waals surface area contributed by atoms with E-state index >= 15 is 0 Å². The molecule has 0 saturated carbocycles. The summed E-state index contributed by atoms with van der Waals surface area (Å²) in [6.45, 7) is 1.88. The number of hydrogen-bond donors (Lipinski definition) is 1. The average molecular weight is 427 g/mol. The summed E-state index contributed by atoms with van der Waals surface area (Å²) in [5.41, 5.74) is 2.55. The summed E-state index contributed by atoms with van der Waals surface area (Å²) in [6.07, 6.45) is 0. The summed E-state index contributed by atoms with van der Waals surface area (Å²) in [5, 5.41) is 12.0. The van der Waals surface area contributed by atoms with E-state index in [0.29, 0.717) is 27.2 Å². The molecule has 4 rings (SSSR count). The minimum Gasteiger partial charge on any atom is -0.497 e. The molecule has 0 bridgehead atoms. The lowest BCUT2D eigenvalue weighted by Gasteiger charge is -2.05. The van der Waals surface area contributed by atoms with Crippen LogP contribution in [0.15, 0.2) is 48.5 Å². The first-order valence-corrected chi connectivity index (χ1v) is 9.68. The third kappa shape index (κ3) is 3.96. The van der Waals surface area contributed by atoms with Crippen LogP contribution < -0.4 is 10.1 Å². The quantitative estimate of drug-likeness (QED) is 0.518. The molecule has 29 heavy (non-hydrogen) atoms. The molecule has 0 radical (unpaired) electrons. The Balaban J connectivity index is 1.57. The van der Waals surface area contributed by atoms with Gasteiger partial charge in [-0.1, -0.05) is 28.9 Å². The molecule has 0 saturated heterocycles. The van der Waals surface area contributed by atoms with E-state index in [1.165, 1.54) is 0 Å². The molecule has 0 fully saturated rings. The lowest BCUT2D eigenvalue weighted by Crippen LogP contribution is -2.11. The van der Waals surface area contributed by atoms with Crippen molar-refractivity contribution in [2.45, 2.75) is 6.92 Å². The Morgan fingerprint density at radius 2 is 2.03 bits per heavy atom. The van der Waals surface area contributed by atoms with Gasteiger partial charge in [0, 0.05) is 28.2 Å². The zero-order chi connectivity index (χ0) is 20.4. The number of methoxy groups -OCH3 is 1. The predicted molar refractivity (Wildman–Crippen MR) is 111 cm³/mol. The van der Waals surface area contributed by atoms with Crippen LogP contribution in [0.2, 0.25) is 5.02 Å². The maximum atomic E-state index is 12.4. The summed E-state index contributed by atoms with van der Waals surface area (Å²) >= 11 is 7.00. The van der Waals surface area contributed by atoms with Gasteiger partial charge in [0.1, 0.15) is 5.75 Å². The van der Waals surface area contributed by atoms with Gasteiger partial charge in [0.25, 0.3) is 5.91 Å². The van der Waals surface area contributed by atoms with Gasteiger partial charge in [-0.2, -0.15) is 9.36 Å². The second kappa shape index (κ2) is 7.98. The largest absolute Gasteiger partial charge is 0.497 e. The van der Waals surface area contributed by atoms with Crippen LogP contribution >= 0.6 is 23.1 Å². The summed E-state index contributed by atoms with van der Waals surface area (Å²) in [4.78, 5) is 16.7. The molecule has 146 valence electrons. The summed E-state index contributed by atoms with van der Waals surface area (Å²) in [6, 6.07) is 14.2. The molecular formula is C19H15ClN6O2S. The SMILES string of the molecule is COc1cccc(-n2nnc(-c3nsc(NC(=O)c4cccc(Cl)c4)n3)c2C)c1. The highest BCUT2D eigenvalue weighted by Crippen LogP contribution is 2.25. The fraction of sp³-hybridized carbons (Fsp3) is 0.105. The van der Waals surface area contributed by atoms with Crippen molar-refractivity contribution in [2.75, 3.05) is 12.4 Å². The molecule has 8 nitrogen and oxygen atoms in total. The van der Waals surface area contributed by atoms with E-state index in [0.717, 1.165) is 28.7 Å². The number of halogens is 1. The van der Waals surface area contributed by atoms with Crippen LogP contribution in [0, 0.1) is 6.92 Å². The first kappa shape index (κ1) is 19.0. The highest BCUT2D eigenvalue weighted by atomic mass is 35.5. The lowest BCUT2D eigenvalue weighted by atomic mass is 10.2. The van der Waals surface area contributed by atoms with Gasteiger partial charge in [0.15, 0.2) is 11.5 Å². The van der Waals surface area contributed by atoms with Crippen LogP contribution in [0.25, 0.3) is 17.2 Å². The summed E-state index contributed by atoms with van der Waals surface area (Å²) in [5.74, 6) is 0.798. The van der Waals surface area contributed by atoms with Crippen LogP contribution in [-0.4, -0.2) is 37.4 Å². The maximum Gasteiger partial charge on any atom is 0.257 e. The molecule has 0 spiro atoms.